The van der Waals surface area contributed by atoms with Crippen molar-refractivity contribution >= 4 is 15.9 Å². The van der Waals surface area contributed by atoms with Gasteiger partial charge < -0.3 is 19.4 Å². The Bertz CT molecular complexity index is 963. The first kappa shape index (κ1) is 20.9. The maximum atomic E-state index is 12.7. The second kappa shape index (κ2) is 9.21. The fraction of sp³-hybridized carbons (Fsp3) is 0.526. The predicted molar refractivity (Wildman–Crippen MR) is 107 cm³/mol. The molecule has 0 saturated carbocycles. The number of sulfonamides is 1. The summed E-state index contributed by atoms with van der Waals surface area (Å²) in [5.41, 5.74) is 0.541. The van der Waals surface area contributed by atoms with E-state index >= 15 is 0 Å². The van der Waals surface area contributed by atoms with Crippen LogP contribution in [0.25, 0.3) is 11.5 Å². The maximum absolute atomic E-state index is 12.7. The van der Waals surface area contributed by atoms with Crippen LogP contribution in [0.3, 0.4) is 0 Å². The Morgan fingerprint density at radius 2 is 1.73 bits per heavy atom. The maximum Gasteiger partial charge on any atom is 0.308 e. The van der Waals surface area contributed by atoms with Gasteiger partial charge in [0.1, 0.15) is 0 Å². The van der Waals surface area contributed by atoms with Crippen LogP contribution >= 0.6 is 0 Å². The van der Waals surface area contributed by atoms with Gasteiger partial charge in [0, 0.05) is 31.7 Å². The van der Waals surface area contributed by atoms with Gasteiger partial charge in [-0.2, -0.15) is 4.31 Å². The third-order valence-electron chi connectivity index (χ3n) is 5.24. The number of amides is 1. The number of morpholine rings is 1. The van der Waals surface area contributed by atoms with Crippen molar-refractivity contribution in [3.8, 4) is 11.5 Å². The Kier molecular flexibility index (Phi) is 6.42. The van der Waals surface area contributed by atoms with Crippen LogP contribution in [0, 0.1) is 0 Å². The summed E-state index contributed by atoms with van der Waals surface area (Å²) in [6.07, 6.45) is 2.40. The Balaban J connectivity index is 1.37. The molecule has 2 aromatic rings. The molecule has 2 aliphatic heterocycles. The van der Waals surface area contributed by atoms with E-state index < -0.39 is 15.9 Å². The van der Waals surface area contributed by atoms with E-state index in [0.29, 0.717) is 38.4 Å². The van der Waals surface area contributed by atoms with Gasteiger partial charge in [0.25, 0.3) is 0 Å². The number of benzene rings is 1. The standard InChI is InChI=1S/C19H25N5O5S/c25-17(20-7-10-23-8-1-2-9-23)19-22-21-18(29-19)15-3-5-16(6-4-15)30(26,27)24-11-13-28-14-12-24/h3-6H,1-2,7-14H2,(H,20,25). The summed E-state index contributed by atoms with van der Waals surface area (Å²) in [4.78, 5) is 14.7. The molecule has 0 aliphatic carbocycles. The summed E-state index contributed by atoms with van der Waals surface area (Å²) in [6.45, 7) is 4.91. The number of rotatable bonds is 7. The van der Waals surface area contributed by atoms with Crippen molar-refractivity contribution in [1.82, 2.24) is 24.7 Å². The highest BCUT2D eigenvalue weighted by atomic mass is 32.2. The molecular formula is C19H25N5O5S. The Hall–Kier alpha value is -2.34. The number of carbonyl (C=O) groups excluding carboxylic acids is 1. The van der Waals surface area contributed by atoms with E-state index in [2.05, 4.69) is 20.4 Å². The topological polar surface area (TPSA) is 118 Å². The minimum atomic E-state index is -3.57. The molecule has 4 rings (SSSR count). The Morgan fingerprint density at radius 3 is 2.43 bits per heavy atom. The quantitative estimate of drug-likeness (QED) is 0.671. The van der Waals surface area contributed by atoms with Gasteiger partial charge >= 0.3 is 11.8 Å². The van der Waals surface area contributed by atoms with Crippen molar-refractivity contribution in [2.45, 2.75) is 17.7 Å². The number of nitrogens with zero attached hydrogens (tertiary/aromatic N) is 4. The Morgan fingerprint density at radius 1 is 1.03 bits per heavy atom. The molecule has 162 valence electrons. The van der Waals surface area contributed by atoms with E-state index in [-0.39, 0.29) is 16.7 Å². The molecule has 2 saturated heterocycles. The minimum absolute atomic E-state index is 0.114. The molecule has 0 unspecified atom stereocenters. The first-order valence-corrected chi connectivity index (χ1v) is 11.5. The van der Waals surface area contributed by atoms with Gasteiger partial charge in [-0.25, -0.2) is 8.42 Å². The van der Waals surface area contributed by atoms with Crippen LogP contribution in [0.1, 0.15) is 23.5 Å². The fourth-order valence-electron chi connectivity index (χ4n) is 3.55. The molecule has 30 heavy (non-hydrogen) atoms. The van der Waals surface area contributed by atoms with Crippen molar-refractivity contribution in [1.29, 1.82) is 0 Å². The number of ether oxygens (including phenoxy) is 1. The van der Waals surface area contributed by atoms with E-state index in [0.717, 1.165) is 19.6 Å². The van der Waals surface area contributed by atoms with Gasteiger partial charge in [-0.1, -0.05) is 0 Å². The SMILES string of the molecule is O=C(NCCN1CCCC1)c1nnc(-c2ccc(S(=O)(=O)N3CCOCC3)cc2)o1. The Labute approximate surface area is 175 Å². The van der Waals surface area contributed by atoms with E-state index in [1.54, 1.807) is 12.1 Å². The first-order valence-electron chi connectivity index (χ1n) is 10.1. The summed E-state index contributed by atoms with van der Waals surface area (Å²) < 4.78 is 37.5. The van der Waals surface area contributed by atoms with Gasteiger partial charge in [-0.05, 0) is 50.2 Å². The van der Waals surface area contributed by atoms with Crippen LogP contribution in [0.4, 0.5) is 0 Å². The van der Waals surface area contributed by atoms with Crippen LogP contribution in [0.5, 0.6) is 0 Å². The summed E-state index contributed by atoms with van der Waals surface area (Å²) in [7, 11) is -3.57. The third-order valence-corrected chi connectivity index (χ3v) is 7.15. The van der Waals surface area contributed by atoms with Crippen LogP contribution in [0.2, 0.25) is 0 Å². The fourth-order valence-corrected chi connectivity index (χ4v) is 4.95. The predicted octanol–water partition coefficient (Wildman–Crippen LogP) is 0.583. The molecule has 0 bridgehead atoms. The molecule has 0 spiro atoms. The van der Waals surface area contributed by atoms with E-state index in [4.69, 9.17) is 9.15 Å². The van der Waals surface area contributed by atoms with Gasteiger partial charge in [0.15, 0.2) is 0 Å². The molecule has 10 nitrogen and oxygen atoms in total. The van der Waals surface area contributed by atoms with Gasteiger partial charge in [-0.3, -0.25) is 4.79 Å². The molecule has 1 aromatic heterocycles. The minimum Gasteiger partial charge on any atom is -0.412 e. The zero-order chi connectivity index (χ0) is 21.0. The van der Waals surface area contributed by atoms with Crippen molar-refractivity contribution in [2.24, 2.45) is 0 Å². The summed E-state index contributed by atoms with van der Waals surface area (Å²) in [5, 5.41) is 10.5. The molecule has 0 atom stereocenters. The van der Waals surface area contributed by atoms with Crippen LogP contribution in [0.15, 0.2) is 33.6 Å². The van der Waals surface area contributed by atoms with Crippen LogP contribution in [-0.2, 0) is 14.8 Å². The number of carbonyl (C=O) groups is 1. The number of likely N-dealkylation sites (tertiary alicyclic amines) is 1. The molecule has 3 heterocycles. The zero-order valence-electron chi connectivity index (χ0n) is 16.6. The van der Waals surface area contributed by atoms with E-state index in [1.165, 1.54) is 29.3 Å². The largest absolute Gasteiger partial charge is 0.412 e. The number of hydrogen-bond donors (Lipinski definition) is 1. The second-order valence-corrected chi connectivity index (χ2v) is 9.20. The summed E-state index contributed by atoms with van der Waals surface area (Å²) in [6, 6.07) is 6.19. The zero-order valence-corrected chi connectivity index (χ0v) is 17.4. The second-order valence-electron chi connectivity index (χ2n) is 7.26. The van der Waals surface area contributed by atoms with Crippen molar-refractivity contribution in [3.63, 3.8) is 0 Å². The lowest BCUT2D eigenvalue weighted by atomic mass is 10.2. The lowest BCUT2D eigenvalue weighted by Gasteiger charge is -2.26. The van der Waals surface area contributed by atoms with Gasteiger partial charge in [-0.15, -0.1) is 10.2 Å². The smallest absolute Gasteiger partial charge is 0.308 e. The molecule has 2 fully saturated rings. The van der Waals surface area contributed by atoms with Crippen LogP contribution in [-0.4, -0.2) is 86.2 Å². The highest BCUT2D eigenvalue weighted by Gasteiger charge is 2.26. The molecule has 2 aliphatic rings. The van der Waals surface area contributed by atoms with E-state index in [9.17, 15) is 13.2 Å². The van der Waals surface area contributed by atoms with Crippen molar-refractivity contribution in [3.05, 3.63) is 30.2 Å². The molecular weight excluding hydrogens is 410 g/mol. The monoisotopic (exact) mass is 435 g/mol. The van der Waals surface area contributed by atoms with Gasteiger partial charge in [0.2, 0.25) is 15.9 Å². The third kappa shape index (κ3) is 4.69. The average Bonchev–Trinajstić information content (AvgIpc) is 3.47. The molecule has 11 heteroatoms. The van der Waals surface area contributed by atoms with E-state index in [1.807, 2.05) is 0 Å². The summed E-state index contributed by atoms with van der Waals surface area (Å²) >= 11 is 0. The van der Waals surface area contributed by atoms with Crippen molar-refractivity contribution in [2.75, 3.05) is 52.5 Å². The lowest BCUT2D eigenvalue weighted by molar-refractivity contribution is 0.0730. The molecule has 1 aromatic carbocycles. The summed E-state index contributed by atoms with van der Waals surface area (Å²) in [5.74, 6) is -0.370. The highest BCUT2D eigenvalue weighted by molar-refractivity contribution is 7.89. The number of hydrogen-bond acceptors (Lipinski definition) is 8. The normalized spacial score (nSPS) is 18.5. The van der Waals surface area contributed by atoms with Gasteiger partial charge in [0.05, 0.1) is 18.1 Å². The molecule has 1 N–H and O–H groups in total. The highest BCUT2D eigenvalue weighted by Crippen LogP contribution is 2.22. The number of aromatic nitrogens is 2. The average molecular weight is 436 g/mol. The molecule has 1 amide bonds. The van der Waals surface area contributed by atoms with Crippen LogP contribution < -0.4 is 5.32 Å². The number of nitrogens with one attached hydrogen (secondary N) is 1. The first-order chi connectivity index (χ1) is 14.5. The van der Waals surface area contributed by atoms with Crippen molar-refractivity contribution < 1.29 is 22.4 Å². The molecule has 0 radical (unpaired) electrons. The lowest BCUT2D eigenvalue weighted by Crippen LogP contribution is -2.40.